The van der Waals surface area contributed by atoms with E-state index in [0.29, 0.717) is 44.2 Å². The summed E-state index contributed by atoms with van der Waals surface area (Å²) in [6, 6.07) is 7.99. The molecule has 1 aromatic carbocycles. The van der Waals surface area contributed by atoms with Gasteiger partial charge in [0.05, 0.1) is 37.0 Å². The molecule has 0 radical (unpaired) electrons. The lowest BCUT2D eigenvalue weighted by Gasteiger charge is -2.34. The Hall–Kier alpha value is -2.82. The average Bonchev–Trinajstić information content (AvgIpc) is 3.27. The first-order valence-electron chi connectivity index (χ1n) is 10.9. The zero-order valence-electron chi connectivity index (χ0n) is 17.6. The van der Waals surface area contributed by atoms with E-state index in [1.807, 2.05) is 28.8 Å². The smallest absolute Gasteiger partial charge is 0.242 e. The van der Waals surface area contributed by atoms with Crippen LogP contribution in [0.4, 0.5) is 11.9 Å². The van der Waals surface area contributed by atoms with Gasteiger partial charge in [-0.15, -0.1) is 0 Å². The number of nitrogens with two attached hydrogens (primary N) is 1. The maximum Gasteiger partial charge on any atom is 0.242 e. The molecule has 2 N–H and O–H groups in total. The van der Waals surface area contributed by atoms with Crippen molar-refractivity contribution in [1.82, 2.24) is 24.5 Å². The molecule has 31 heavy (non-hydrogen) atoms. The van der Waals surface area contributed by atoms with Crippen molar-refractivity contribution in [2.24, 2.45) is 5.73 Å². The molecule has 2 aliphatic heterocycles. The van der Waals surface area contributed by atoms with Gasteiger partial charge in [0.1, 0.15) is 6.33 Å². The van der Waals surface area contributed by atoms with E-state index in [4.69, 9.17) is 30.2 Å². The van der Waals surface area contributed by atoms with E-state index in [0.717, 1.165) is 50.1 Å². The number of ether oxygens (including phenoxy) is 2. The van der Waals surface area contributed by atoms with Crippen LogP contribution in [0.5, 0.6) is 0 Å². The Morgan fingerprint density at radius 2 is 1.68 bits per heavy atom. The molecular formula is C21H28N8O2. The zero-order chi connectivity index (χ0) is 21.0. The van der Waals surface area contributed by atoms with Gasteiger partial charge in [0.15, 0.2) is 0 Å². The van der Waals surface area contributed by atoms with Crippen molar-refractivity contribution in [2.45, 2.75) is 18.9 Å². The fraction of sp³-hybridized carbons (Fsp3) is 0.524. The van der Waals surface area contributed by atoms with E-state index in [-0.39, 0.29) is 6.10 Å². The van der Waals surface area contributed by atoms with Gasteiger partial charge in [-0.3, -0.25) is 4.57 Å². The van der Waals surface area contributed by atoms with Crippen molar-refractivity contribution in [3.05, 3.63) is 30.6 Å². The Balaban J connectivity index is 1.52. The quantitative estimate of drug-likeness (QED) is 0.620. The molecule has 10 nitrogen and oxygen atoms in total. The molecule has 0 saturated carbocycles. The summed E-state index contributed by atoms with van der Waals surface area (Å²) in [7, 11) is 0. The van der Waals surface area contributed by atoms with E-state index < -0.39 is 0 Å². The summed E-state index contributed by atoms with van der Waals surface area (Å²) < 4.78 is 13.4. The predicted molar refractivity (Wildman–Crippen MR) is 118 cm³/mol. The molecule has 3 aromatic rings. The van der Waals surface area contributed by atoms with Crippen molar-refractivity contribution in [3.63, 3.8) is 0 Å². The number of aromatic nitrogens is 5. The highest BCUT2D eigenvalue weighted by atomic mass is 16.5. The predicted octanol–water partition coefficient (Wildman–Crippen LogP) is 0.991. The Morgan fingerprint density at radius 3 is 2.52 bits per heavy atom. The summed E-state index contributed by atoms with van der Waals surface area (Å²) in [5, 5.41) is 0. The van der Waals surface area contributed by atoms with Gasteiger partial charge in [-0.05, 0) is 31.5 Å². The van der Waals surface area contributed by atoms with Crippen molar-refractivity contribution in [2.75, 3.05) is 62.3 Å². The van der Waals surface area contributed by atoms with Crippen LogP contribution < -0.4 is 15.5 Å². The van der Waals surface area contributed by atoms with E-state index >= 15 is 0 Å². The topological polar surface area (TPSA) is 107 Å². The third-order valence-corrected chi connectivity index (χ3v) is 5.71. The van der Waals surface area contributed by atoms with Crippen LogP contribution in [-0.4, -0.2) is 83.2 Å². The van der Waals surface area contributed by atoms with Crippen LogP contribution >= 0.6 is 0 Å². The number of morpholine rings is 2. The summed E-state index contributed by atoms with van der Waals surface area (Å²) in [5.41, 5.74) is 7.56. The average molecular weight is 425 g/mol. The Labute approximate surface area is 181 Å². The highest BCUT2D eigenvalue weighted by Gasteiger charge is 2.25. The van der Waals surface area contributed by atoms with Crippen LogP contribution in [-0.2, 0) is 9.47 Å². The fourth-order valence-corrected chi connectivity index (χ4v) is 4.04. The third-order valence-electron chi connectivity index (χ3n) is 5.71. The molecule has 2 saturated heterocycles. The van der Waals surface area contributed by atoms with Crippen molar-refractivity contribution in [3.8, 4) is 5.95 Å². The second kappa shape index (κ2) is 9.13. The summed E-state index contributed by atoms with van der Waals surface area (Å²) in [6.07, 6.45) is 3.79. The van der Waals surface area contributed by atoms with Crippen LogP contribution in [0.3, 0.4) is 0 Å². The summed E-state index contributed by atoms with van der Waals surface area (Å²) >= 11 is 0. The third kappa shape index (κ3) is 4.32. The number of benzene rings is 1. The summed E-state index contributed by atoms with van der Waals surface area (Å²) in [4.78, 5) is 23.4. The van der Waals surface area contributed by atoms with E-state index in [9.17, 15) is 0 Å². The van der Waals surface area contributed by atoms with Crippen molar-refractivity contribution >= 4 is 22.9 Å². The highest BCUT2D eigenvalue weighted by Crippen LogP contribution is 2.22. The maximum atomic E-state index is 5.93. The van der Waals surface area contributed by atoms with Crippen LogP contribution in [0.15, 0.2) is 30.6 Å². The number of fused-ring (bicyclic) bond motifs is 1. The molecule has 5 rings (SSSR count). The summed E-state index contributed by atoms with van der Waals surface area (Å²) in [6.45, 7) is 5.67. The number of anilines is 2. The van der Waals surface area contributed by atoms with Crippen molar-refractivity contribution < 1.29 is 9.47 Å². The van der Waals surface area contributed by atoms with Crippen LogP contribution in [0.1, 0.15) is 12.8 Å². The van der Waals surface area contributed by atoms with E-state index in [1.54, 1.807) is 6.33 Å². The minimum absolute atomic E-state index is 0.137. The molecule has 1 unspecified atom stereocenters. The molecule has 0 amide bonds. The van der Waals surface area contributed by atoms with Crippen LogP contribution in [0, 0.1) is 0 Å². The molecule has 0 bridgehead atoms. The van der Waals surface area contributed by atoms with Gasteiger partial charge in [0.25, 0.3) is 0 Å². The Kier molecular flexibility index (Phi) is 5.92. The molecule has 4 heterocycles. The largest absolute Gasteiger partial charge is 0.378 e. The van der Waals surface area contributed by atoms with E-state index in [1.165, 1.54) is 0 Å². The number of rotatable bonds is 6. The number of nitrogens with zero attached hydrogens (tertiary/aromatic N) is 7. The lowest BCUT2D eigenvalue weighted by atomic mass is 10.1. The van der Waals surface area contributed by atoms with Crippen LogP contribution in [0.25, 0.3) is 17.0 Å². The van der Waals surface area contributed by atoms with Crippen LogP contribution in [0.2, 0.25) is 0 Å². The molecule has 0 aliphatic carbocycles. The molecule has 0 spiro atoms. The summed E-state index contributed by atoms with van der Waals surface area (Å²) in [5.74, 6) is 1.92. The van der Waals surface area contributed by atoms with Gasteiger partial charge >= 0.3 is 0 Å². The van der Waals surface area contributed by atoms with Crippen molar-refractivity contribution in [1.29, 1.82) is 0 Å². The molecule has 164 valence electrons. The first kappa shape index (κ1) is 20.1. The molecule has 1 atom stereocenters. The van der Waals surface area contributed by atoms with Gasteiger partial charge in [-0.25, -0.2) is 4.98 Å². The van der Waals surface area contributed by atoms with Gasteiger partial charge in [0.2, 0.25) is 17.8 Å². The molecule has 2 aliphatic rings. The standard InChI is InChI=1S/C21H28N8O2/c22-7-3-4-16-14-28(10-13-31-16)20-24-19(27-8-11-30-12-9-27)25-21(26-20)29-15-23-17-5-1-2-6-18(17)29/h1-2,5-6,15-16H,3-4,7-14,22H2. The number of para-hydroxylation sites is 2. The normalized spacial score (nSPS) is 19.8. The number of hydrogen-bond acceptors (Lipinski definition) is 9. The first-order chi connectivity index (χ1) is 15.3. The number of hydrogen-bond donors (Lipinski definition) is 1. The SMILES string of the molecule is NCCCC1CN(c2nc(N3CCOCC3)nc(-n3cnc4ccccc43)n2)CCO1. The van der Waals surface area contributed by atoms with Gasteiger partial charge < -0.3 is 25.0 Å². The maximum absolute atomic E-state index is 5.93. The minimum Gasteiger partial charge on any atom is -0.378 e. The molecule has 2 fully saturated rings. The Morgan fingerprint density at radius 1 is 0.935 bits per heavy atom. The van der Waals surface area contributed by atoms with Gasteiger partial charge in [0, 0.05) is 26.2 Å². The monoisotopic (exact) mass is 424 g/mol. The lowest BCUT2D eigenvalue weighted by molar-refractivity contribution is 0.0338. The second-order valence-corrected chi connectivity index (χ2v) is 7.81. The number of imidazole rings is 1. The Bertz CT molecular complexity index is 1020. The lowest BCUT2D eigenvalue weighted by Crippen LogP contribution is -2.44. The van der Waals surface area contributed by atoms with Gasteiger partial charge in [-0.2, -0.15) is 15.0 Å². The first-order valence-corrected chi connectivity index (χ1v) is 10.9. The highest BCUT2D eigenvalue weighted by molar-refractivity contribution is 5.76. The fourth-order valence-electron chi connectivity index (χ4n) is 4.04. The minimum atomic E-state index is 0.137. The molecular weight excluding hydrogens is 396 g/mol. The molecule has 2 aromatic heterocycles. The second-order valence-electron chi connectivity index (χ2n) is 7.81. The molecule has 10 heteroatoms. The van der Waals surface area contributed by atoms with E-state index in [2.05, 4.69) is 14.8 Å². The zero-order valence-corrected chi connectivity index (χ0v) is 17.6. The van der Waals surface area contributed by atoms with Gasteiger partial charge in [-0.1, -0.05) is 12.1 Å².